The number of fused-ring (bicyclic) bond motifs is 1. The van der Waals surface area contributed by atoms with Gasteiger partial charge in [-0.05, 0) is 29.3 Å². The monoisotopic (exact) mass is 287 g/mol. The highest BCUT2D eigenvalue weighted by molar-refractivity contribution is 6.31. The molecule has 4 nitrogen and oxygen atoms in total. The van der Waals surface area contributed by atoms with E-state index in [-0.39, 0.29) is 5.91 Å². The number of nitrogens with two attached hydrogens (primary N) is 1. The quantitative estimate of drug-likeness (QED) is 0.659. The molecule has 3 rings (SSSR count). The van der Waals surface area contributed by atoms with Crippen LogP contribution in [-0.2, 0) is 13.1 Å². The van der Waals surface area contributed by atoms with Crippen molar-refractivity contribution in [1.29, 1.82) is 0 Å². The van der Waals surface area contributed by atoms with E-state index in [9.17, 15) is 4.79 Å². The van der Waals surface area contributed by atoms with E-state index in [1.54, 1.807) is 23.1 Å². The highest BCUT2D eigenvalue weighted by Crippen LogP contribution is 2.27. The van der Waals surface area contributed by atoms with Gasteiger partial charge in [0.05, 0.1) is 11.3 Å². The first-order valence-electron chi connectivity index (χ1n) is 6.31. The molecule has 0 unspecified atom stereocenters. The van der Waals surface area contributed by atoms with Gasteiger partial charge in [-0.25, -0.2) is 0 Å². The minimum Gasteiger partial charge on any atom is -0.330 e. The zero-order valence-electron chi connectivity index (χ0n) is 10.8. The third-order valence-electron chi connectivity index (χ3n) is 3.50. The lowest BCUT2D eigenvalue weighted by molar-refractivity contribution is 0.0752. The van der Waals surface area contributed by atoms with Gasteiger partial charge in [0.15, 0.2) is 0 Å². The lowest BCUT2D eigenvalue weighted by atomic mass is 10.1. The number of benzene rings is 2. The standard InChI is InChI=1S/C15H14ClN3O/c16-12-5-6-14(18-17)13(7-12)15(20)19-8-10-3-1-2-4-11(10)9-19/h1-7,18H,8-9,17H2. The van der Waals surface area contributed by atoms with Crippen molar-refractivity contribution < 1.29 is 4.79 Å². The maximum atomic E-state index is 12.6. The summed E-state index contributed by atoms with van der Waals surface area (Å²) in [6.45, 7) is 1.23. The second-order valence-corrected chi connectivity index (χ2v) is 5.20. The number of carbonyl (C=O) groups excluding carboxylic acids is 1. The fourth-order valence-corrected chi connectivity index (χ4v) is 2.64. The van der Waals surface area contributed by atoms with Gasteiger partial charge in [0.2, 0.25) is 0 Å². The number of hydrogen-bond donors (Lipinski definition) is 2. The van der Waals surface area contributed by atoms with Crippen molar-refractivity contribution in [3.63, 3.8) is 0 Å². The van der Waals surface area contributed by atoms with Gasteiger partial charge in [0, 0.05) is 18.1 Å². The molecule has 2 aromatic rings. The Balaban J connectivity index is 1.90. The third-order valence-corrected chi connectivity index (χ3v) is 3.73. The molecule has 1 amide bonds. The number of halogens is 1. The van der Waals surface area contributed by atoms with Crippen LogP contribution in [0.4, 0.5) is 5.69 Å². The number of nitrogens with zero attached hydrogens (tertiary/aromatic N) is 1. The van der Waals surface area contributed by atoms with Crippen molar-refractivity contribution in [3.05, 3.63) is 64.2 Å². The summed E-state index contributed by atoms with van der Waals surface area (Å²) in [6, 6.07) is 13.1. The molecule has 0 atom stereocenters. The van der Waals surface area contributed by atoms with Gasteiger partial charge in [-0.2, -0.15) is 0 Å². The predicted octanol–water partition coefficient (Wildman–Crippen LogP) is 2.78. The molecule has 5 heteroatoms. The maximum Gasteiger partial charge on any atom is 0.256 e. The number of hydrazine groups is 1. The van der Waals surface area contributed by atoms with Crippen molar-refractivity contribution in [2.24, 2.45) is 5.84 Å². The number of nitrogen functional groups attached to an aromatic ring is 1. The van der Waals surface area contributed by atoms with Crippen LogP contribution in [-0.4, -0.2) is 10.8 Å². The average molecular weight is 288 g/mol. The molecule has 2 aromatic carbocycles. The Hall–Kier alpha value is -2.04. The molecule has 0 aliphatic carbocycles. The highest BCUT2D eigenvalue weighted by Gasteiger charge is 2.25. The molecule has 20 heavy (non-hydrogen) atoms. The molecule has 0 radical (unpaired) electrons. The van der Waals surface area contributed by atoms with E-state index in [4.69, 9.17) is 17.4 Å². The topological polar surface area (TPSA) is 58.4 Å². The molecule has 3 N–H and O–H groups in total. The normalized spacial score (nSPS) is 13.2. The Labute approximate surface area is 122 Å². The Morgan fingerprint density at radius 1 is 1.15 bits per heavy atom. The van der Waals surface area contributed by atoms with E-state index in [2.05, 4.69) is 5.43 Å². The summed E-state index contributed by atoms with van der Waals surface area (Å²) in [7, 11) is 0. The summed E-state index contributed by atoms with van der Waals surface area (Å²) in [4.78, 5) is 14.4. The van der Waals surface area contributed by atoms with E-state index in [1.807, 2.05) is 24.3 Å². The van der Waals surface area contributed by atoms with Crippen molar-refractivity contribution in [3.8, 4) is 0 Å². The number of rotatable bonds is 2. The van der Waals surface area contributed by atoms with Gasteiger partial charge in [0.1, 0.15) is 0 Å². The second kappa shape index (κ2) is 5.15. The van der Waals surface area contributed by atoms with Crippen LogP contribution < -0.4 is 11.3 Å². The fourth-order valence-electron chi connectivity index (χ4n) is 2.47. The van der Waals surface area contributed by atoms with E-state index in [0.29, 0.717) is 29.4 Å². The summed E-state index contributed by atoms with van der Waals surface area (Å²) in [5.74, 6) is 5.38. The Morgan fingerprint density at radius 3 is 2.40 bits per heavy atom. The van der Waals surface area contributed by atoms with Gasteiger partial charge in [-0.3, -0.25) is 10.6 Å². The molecular formula is C15H14ClN3O. The molecule has 1 aliphatic rings. The molecular weight excluding hydrogens is 274 g/mol. The molecule has 1 aliphatic heterocycles. The summed E-state index contributed by atoms with van der Waals surface area (Å²) < 4.78 is 0. The summed E-state index contributed by atoms with van der Waals surface area (Å²) in [5.41, 5.74) is 5.99. The van der Waals surface area contributed by atoms with Crippen LogP contribution >= 0.6 is 11.6 Å². The van der Waals surface area contributed by atoms with Crippen LogP contribution in [0.2, 0.25) is 5.02 Å². The highest BCUT2D eigenvalue weighted by atomic mass is 35.5. The van der Waals surface area contributed by atoms with E-state index in [0.717, 1.165) is 0 Å². The SMILES string of the molecule is NNc1ccc(Cl)cc1C(=O)N1Cc2ccccc2C1. The Morgan fingerprint density at radius 2 is 1.80 bits per heavy atom. The van der Waals surface area contributed by atoms with Gasteiger partial charge in [-0.1, -0.05) is 35.9 Å². The first-order chi connectivity index (χ1) is 9.69. The molecule has 0 spiro atoms. The third kappa shape index (κ3) is 2.24. The van der Waals surface area contributed by atoms with Crippen LogP contribution in [0.5, 0.6) is 0 Å². The molecule has 102 valence electrons. The maximum absolute atomic E-state index is 12.6. The largest absolute Gasteiger partial charge is 0.330 e. The van der Waals surface area contributed by atoms with Gasteiger partial charge < -0.3 is 10.3 Å². The summed E-state index contributed by atoms with van der Waals surface area (Å²) >= 11 is 5.97. The first kappa shape index (κ1) is 13.0. The van der Waals surface area contributed by atoms with Crippen molar-refractivity contribution >= 4 is 23.2 Å². The lowest BCUT2D eigenvalue weighted by Gasteiger charge is -2.17. The zero-order valence-corrected chi connectivity index (χ0v) is 11.5. The minimum atomic E-state index is -0.0725. The molecule has 0 fully saturated rings. The van der Waals surface area contributed by atoms with Crippen LogP contribution in [0.15, 0.2) is 42.5 Å². The van der Waals surface area contributed by atoms with Crippen molar-refractivity contribution in [2.75, 3.05) is 5.43 Å². The van der Waals surface area contributed by atoms with E-state index >= 15 is 0 Å². The molecule has 0 saturated carbocycles. The van der Waals surface area contributed by atoms with Gasteiger partial charge >= 0.3 is 0 Å². The second-order valence-electron chi connectivity index (χ2n) is 4.76. The molecule has 0 aromatic heterocycles. The zero-order chi connectivity index (χ0) is 14.1. The number of carbonyl (C=O) groups is 1. The molecule has 1 heterocycles. The molecule has 0 bridgehead atoms. The number of hydrogen-bond acceptors (Lipinski definition) is 3. The van der Waals surface area contributed by atoms with Crippen LogP contribution in [0.25, 0.3) is 0 Å². The van der Waals surface area contributed by atoms with Crippen LogP contribution in [0, 0.1) is 0 Å². The Kier molecular flexibility index (Phi) is 3.34. The number of anilines is 1. The number of amides is 1. The minimum absolute atomic E-state index is 0.0725. The predicted molar refractivity (Wildman–Crippen MR) is 79.3 cm³/mol. The molecule has 0 saturated heterocycles. The van der Waals surface area contributed by atoms with Crippen molar-refractivity contribution in [2.45, 2.75) is 13.1 Å². The van der Waals surface area contributed by atoms with Gasteiger partial charge in [0.25, 0.3) is 5.91 Å². The summed E-state index contributed by atoms with van der Waals surface area (Å²) in [5, 5.41) is 0.518. The average Bonchev–Trinajstić information content (AvgIpc) is 2.90. The van der Waals surface area contributed by atoms with E-state index in [1.165, 1.54) is 11.1 Å². The van der Waals surface area contributed by atoms with Gasteiger partial charge in [-0.15, -0.1) is 0 Å². The summed E-state index contributed by atoms with van der Waals surface area (Å²) in [6.07, 6.45) is 0. The Bertz CT molecular complexity index is 647. The lowest BCUT2D eigenvalue weighted by Crippen LogP contribution is -2.26. The van der Waals surface area contributed by atoms with Crippen molar-refractivity contribution in [1.82, 2.24) is 4.90 Å². The van der Waals surface area contributed by atoms with E-state index < -0.39 is 0 Å². The number of nitrogens with one attached hydrogen (secondary N) is 1. The fraction of sp³-hybridized carbons (Fsp3) is 0.133. The van der Waals surface area contributed by atoms with Crippen LogP contribution in [0.1, 0.15) is 21.5 Å². The first-order valence-corrected chi connectivity index (χ1v) is 6.69. The van der Waals surface area contributed by atoms with Crippen LogP contribution in [0.3, 0.4) is 0 Å². The smallest absolute Gasteiger partial charge is 0.256 e.